The summed E-state index contributed by atoms with van der Waals surface area (Å²) < 4.78 is 8.22. The van der Waals surface area contributed by atoms with Gasteiger partial charge in [0, 0.05) is 5.56 Å². The molecule has 0 saturated heterocycles. The highest BCUT2D eigenvalue weighted by Gasteiger charge is 2.22. The van der Waals surface area contributed by atoms with Gasteiger partial charge in [0.1, 0.15) is 23.1 Å². The Morgan fingerprint density at radius 3 is 2.62 bits per heavy atom. The zero-order valence-electron chi connectivity index (χ0n) is 15.2. The van der Waals surface area contributed by atoms with Crippen LogP contribution in [0.2, 0.25) is 0 Å². The standard InChI is InChI=1S/C22H23N3O/c1-3-4-13-21(25-20-14-9-8-12-19(20)23-24-25)22-15-18(16(2)26-22)17-10-6-5-7-11-17/h5-12,14-15,21H,3-4,13H2,1-2H3. The fourth-order valence-electron chi connectivity index (χ4n) is 3.47. The van der Waals surface area contributed by atoms with Gasteiger partial charge in [0.05, 0.1) is 5.52 Å². The van der Waals surface area contributed by atoms with Crippen LogP contribution in [0.3, 0.4) is 0 Å². The van der Waals surface area contributed by atoms with Crippen molar-refractivity contribution in [3.05, 3.63) is 72.2 Å². The molecule has 26 heavy (non-hydrogen) atoms. The molecular formula is C22H23N3O. The topological polar surface area (TPSA) is 43.9 Å². The minimum Gasteiger partial charge on any atom is -0.463 e. The number of unbranched alkanes of at least 4 members (excludes halogenated alkanes) is 1. The van der Waals surface area contributed by atoms with Crippen LogP contribution in [0, 0.1) is 6.92 Å². The fourth-order valence-corrected chi connectivity index (χ4v) is 3.47. The molecule has 2 aromatic heterocycles. The minimum atomic E-state index is 0.0542. The Morgan fingerprint density at radius 1 is 1.04 bits per heavy atom. The number of benzene rings is 2. The van der Waals surface area contributed by atoms with Gasteiger partial charge in [-0.15, -0.1) is 5.10 Å². The molecule has 0 aliphatic carbocycles. The summed E-state index contributed by atoms with van der Waals surface area (Å²) in [5.41, 5.74) is 4.29. The number of nitrogens with zero attached hydrogens (tertiary/aromatic N) is 3. The van der Waals surface area contributed by atoms with Crippen molar-refractivity contribution in [2.45, 2.75) is 39.2 Å². The molecular weight excluding hydrogens is 322 g/mol. The van der Waals surface area contributed by atoms with E-state index >= 15 is 0 Å². The second-order valence-corrected chi connectivity index (χ2v) is 6.67. The van der Waals surface area contributed by atoms with E-state index in [0.29, 0.717) is 0 Å². The summed E-state index contributed by atoms with van der Waals surface area (Å²) in [5, 5.41) is 8.78. The first-order chi connectivity index (χ1) is 12.8. The second-order valence-electron chi connectivity index (χ2n) is 6.67. The fraction of sp³-hybridized carbons (Fsp3) is 0.273. The number of fused-ring (bicyclic) bond motifs is 1. The van der Waals surface area contributed by atoms with Gasteiger partial charge in [-0.2, -0.15) is 0 Å². The van der Waals surface area contributed by atoms with E-state index in [1.165, 1.54) is 5.56 Å². The monoisotopic (exact) mass is 345 g/mol. The lowest BCUT2D eigenvalue weighted by Gasteiger charge is -2.15. The first-order valence-corrected chi connectivity index (χ1v) is 9.23. The lowest BCUT2D eigenvalue weighted by atomic mass is 10.0. The Kier molecular flexibility index (Phi) is 4.57. The molecule has 0 spiro atoms. The largest absolute Gasteiger partial charge is 0.463 e. The molecule has 0 saturated carbocycles. The molecule has 0 amide bonds. The van der Waals surface area contributed by atoms with E-state index in [0.717, 1.165) is 47.4 Å². The Hall–Kier alpha value is -2.88. The van der Waals surface area contributed by atoms with Gasteiger partial charge >= 0.3 is 0 Å². The summed E-state index contributed by atoms with van der Waals surface area (Å²) in [7, 11) is 0. The molecule has 0 N–H and O–H groups in total. The SMILES string of the molecule is CCCCC(c1cc(-c2ccccc2)c(C)o1)n1nnc2ccccc21. The molecule has 0 bridgehead atoms. The summed E-state index contributed by atoms with van der Waals surface area (Å²) >= 11 is 0. The van der Waals surface area contributed by atoms with Crippen molar-refractivity contribution in [2.75, 3.05) is 0 Å². The number of aromatic nitrogens is 3. The maximum absolute atomic E-state index is 6.21. The van der Waals surface area contributed by atoms with Crippen LogP contribution in [0.15, 0.2) is 65.1 Å². The summed E-state index contributed by atoms with van der Waals surface area (Å²) in [6.07, 6.45) is 3.22. The highest BCUT2D eigenvalue weighted by molar-refractivity contribution is 5.74. The van der Waals surface area contributed by atoms with Crippen LogP contribution in [0.5, 0.6) is 0 Å². The second kappa shape index (κ2) is 7.16. The average molecular weight is 345 g/mol. The van der Waals surface area contributed by atoms with Crippen LogP contribution in [0.25, 0.3) is 22.2 Å². The lowest BCUT2D eigenvalue weighted by molar-refractivity contribution is 0.373. The molecule has 0 aliphatic rings. The number of furan rings is 1. The van der Waals surface area contributed by atoms with Gasteiger partial charge in [-0.05, 0) is 37.1 Å². The van der Waals surface area contributed by atoms with Gasteiger partial charge in [0.25, 0.3) is 0 Å². The van der Waals surface area contributed by atoms with Crippen molar-refractivity contribution in [3.8, 4) is 11.1 Å². The van der Waals surface area contributed by atoms with Gasteiger partial charge in [-0.3, -0.25) is 0 Å². The molecule has 0 radical (unpaired) electrons. The van der Waals surface area contributed by atoms with Gasteiger partial charge in [-0.1, -0.05) is 67.4 Å². The van der Waals surface area contributed by atoms with E-state index in [4.69, 9.17) is 4.42 Å². The summed E-state index contributed by atoms with van der Waals surface area (Å²) in [6.45, 7) is 4.24. The predicted molar refractivity (Wildman–Crippen MR) is 104 cm³/mol. The molecule has 1 atom stereocenters. The first kappa shape index (κ1) is 16.6. The predicted octanol–water partition coefficient (Wildman–Crippen LogP) is 5.78. The van der Waals surface area contributed by atoms with Crippen LogP contribution < -0.4 is 0 Å². The average Bonchev–Trinajstić information content (AvgIpc) is 3.27. The van der Waals surface area contributed by atoms with Crippen molar-refractivity contribution >= 4 is 11.0 Å². The molecule has 4 heteroatoms. The Bertz CT molecular complexity index is 1000. The number of hydrogen-bond acceptors (Lipinski definition) is 3. The molecule has 0 fully saturated rings. The van der Waals surface area contributed by atoms with Crippen LogP contribution in [0.4, 0.5) is 0 Å². The molecule has 4 rings (SSSR count). The van der Waals surface area contributed by atoms with Crippen molar-refractivity contribution < 1.29 is 4.42 Å². The highest BCUT2D eigenvalue weighted by atomic mass is 16.3. The van der Waals surface area contributed by atoms with E-state index in [1.807, 2.05) is 35.9 Å². The van der Waals surface area contributed by atoms with Crippen LogP contribution in [0.1, 0.15) is 43.7 Å². The van der Waals surface area contributed by atoms with Gasteiger partial charge in [0.15, 0.2) is 0 Å². The maximum Gasteiger partial charge on any atom is 0.129 e. The third-order valence-corrected chi connectivity index (χ3v) is 4.85. The van der Waals surface area contributed by atoms with Gasteiger partial charge in [0.2, 0.25) is 0 Å². The molecule has 2 aromatic carbocycles. The number of rotatable bonds is 6. The van der Waals surface area contributed by atoms with Crippen LogP contribution in [-0.2, 0) is 0 Å². The molecule has 132 valence electrons. The van der Waals surface area contributed by atoms with E-state index in [1.54, 1.807) is 0 Å². The highest BCUT2D eigenvalue weighted by Crippen LogP contribution is 2.34. The number of para-hydroxylation sites is 1. The summed E-state index contributed by atoms with van der Waals surface area (Å²) in [5.74, 6) is 1.89. The Morgan fingerprint density at radius 2 is 1.81 bits per heavy atom. The number of aryl methyl sites for hydroxylation is 1. The number of hydrogen-bond donors (Lipinski definition) is 0. The van der Waals surface area contributed by atoms with Crippen molar-refractivity contribution in [3.63, 3.8) is 0 Å². The van der Waals surface area contributed by atoms with Crippen LogP contribution in [-0.4, -0.2) is 15.0 Å². The summed E-state index contributed by atoms with van der Waals surface area (Å²) in [6, 6.07) is 20.7. The third-order valence-electron chi connectivity index (χ3n) is 4.85. The van der Waals surface area contributed by atoms with E-state index in [9.17, 15) is 0 Å². The Balaban J connectivity index is 1.78. The van der Waals surface area contributed by atoms with E-state index < -0.39 is 0 Å². The zero-order chi connectivity index (χ0) is 17.9. The summed E-state index contributed by atoms with van der Waals surface area (Å²) in [4.78, 5) is 0. The van der Waals surface area contributed by atoms with E-state index in [-0.39, 0.29) is 6.04 Å². The van der Waals surface area contributed by atoms with E-state index in [2.05, 4.69) is 53.6 Å². The lowest BCUT2D eigenvalue weighted by Crippen LogP contribution is -2.12. The molecule has 4 nitrogen and oxygen atoms in total. The first-order valence-electron chi connectivity index (χ1n) is 9.23. The zero-order valence-corrected chi connectivity index (χ0v) is 15.2. The van der Waals surface area contributed by atoms with Crippen LogP contribution >= 0.6 is 0 Å². The maximum atomic E-state index is 6.21. The Labute approximate surface area is 153 Å². The molecule has 2 heterocycles. The van der Waals surface area contributed by atoms with Crippen molar-refractivity contribution in [2.24, 2.45) is 0 Å². The normalized spacial score (nSPS) is 12.5. The van der Waals surface area contributed by atoms with Gasteiger partial charge in [-0.25, -0.2) is 4.68 Å². The van der Waals surface area contributed by atoms with Gasteiger partial charge < -0.3 is 4.42 Å². The minimum absolute atomic E-state index is 0.0542. The van der Waals surface area contributed by atoms with Crippen molar-refractivity contribution in [1.29, 1.82) is 0 Å². The quantitative estimate of drug-likeness (QED) is 0.445. The molecule has 0 aliphatic heterocycles. The third kappa shape index (κ3) is 3.03. The molecule has 4 aromatic rings. The smallest absolute Gasteiger partial charge is 0.129 e. The van der Waals surface area contributed by atoms with Crippen molar-refractivity contribution in [1.82, 2.24) is 15.0 Å². The molecule has 1 unspecified atom stereocenters.